The number of nitrogens with one attached hydrogen (secondary N) is 3. The van der Waals surface area contributed by atoms with Crippen molar-refractivity contribution in [2.75, 3.05) is 7.05 Å². The van der Waals surface area contributed by atoms with Gasteiger partial charge in [-0.3, -0.25) is 9.59 Å². The van der Waals surface area contributed by atoms with Crippen molar-refractivity contribution in [3.8, 4) is 22.5 Å². The van der Waals surface area contributed by atoms with Crippen LogP contribution in [-0.2, 0) is 11.3 Å². The third kappa shape index (κ3) is 3.57. The van der Waals surface area contributed by atoms with Crippen molar-refractivity contribution in [1.82, 2.24) is 20.6 Å². The van der Waals surface area contributed by atoms with Gasteiger partial charge in [-0.2, -0.15) is 0 Å². The van der Waals surface area contributed by atoms with Crippen LogP contribution in [0.2, 0.25) is 0 Å². The van der Waals surface area contributed by atoms with Gasteiger partial charge in [-0.15, -0.1) is 0 Å². The number of imidazole rings is 1. The summed E-state index contributed by atoms with van der Waals surface area (Å²) in [6.07, 6.45) is 2.35. The molecule has 0 spiro atoms. The number of carbonyl (C=O) groups excluding carboxylic acids is 2. The van der Waals surface area contributed by atoms with Crippen molar-refractivity contribution in [2.45, 2.75) is 13.5 Å². The van der Waals surface area contributed by atoms with E-state index in [1.165, 1.54) is 6.07 Å². The molecule has 1 aromatic heterocycles. The Morgan fingerprint density at radius 2 is 1.85 bits per heavy atom. The lowest BCUT2D eigenvalue weighted by Crippen LogP contribution is -2.13. The smallest absolute Gasteiger partial charge is 0.252 e. The maximum Gasteiger partial charge on any atom is 0.252 e. The van der Waals surface area contributed by atoms with Crippen LogP contribution in [0.1, 0.15) is 21.6 Å². The first-order valence-corrected chi connectivity index (χ1v) is 8.38. The van der Waals surface area contributed by atoms with E-state index in [1.54, 1.807) is 31.4 Å². The number of amides is 2. The summed E-state index contributed by atoms with van der Waals surface area (Å²) in [4.78, 5) is 28.8. The minimum absolute atomic E-state index is 0.151. The molecular weight excluding hydrogens is 347 g/mol. The zero-order valence-electron chi connectivity index (χ0n) is 15.0. The maximum atomic E-state index is 14.1. The number of hydrogen-bond donors (Lipinski definition) is 3. The van der Waals surface area contributed by atoms with Crippen LogP contribution in [0.25, 0.3) is 22.5 Å². The maximum absolute atomic E-state index is 14.1. The molecule has 6 nitrogen and oxygen atoms in total. The van der Waals surface area contributed by atoms with Gasteiger partial charge in [-0.05, 0) is 30.2 Å². The molecule has 138 valence electrons. The number of aromatic amines is 1. The van der Waals surface area contributed by atoms with Crippen molar-refractivity contribution in [3.63, 3.8) is 0 Å². The number of rotatable bonds is 3. The highest BCUT2D eigenvalue weighted by molar-refractivity contribution is 6.06. The van der Waals surface area contributed by atoms with Crippen molar-refractivity contribution >= 4 is 12.3 Å². The molecule has 0 saturated heterocycles. The number of fused-ring (bicyclic) bond motifs is 1. The normalized spacial score (nSPS) is 11.9. The van der Waals surface area contributed by atoms with E-state index in [9.17, 15) is 9.18 Å². The number of aromatic nitrogens is 2. The first-order chi connectivity index (χ1) is 13.1. The molecule has 1 aliphatic rings. The lowest BCUT2D eigenvalue weighted by molar-refractivity contribution is -0.109. The van der Waals surface area contributed by atoms with E-state index in [0.717, 1.165) is 22.4 Å². The highest BCUT2D eigenvalue weighted by atomic mass is 19.1. The second-order valence-electron chi connectivity index (χ2n) is 6.00. The third-order valence-corrected chi connectivity index (χ3v) is 4.21. The molecule has 1 aliphatic heterocycles. The molecule has 3 aromatic rings. The van der Waals surface area contributed by atoms with E-state index in [1.807, 2.05) is 19.1 Å². The summed E-state index contributed by atoms with van der Waals surface area (Å²) in [5.41, 5.74) is 4.28. The SMILES string of the molecule is CNC=O.Cc1cnc(-c2ccc(-c3ccccc3F)c3c2C(=O)NC3)[nH]1. The Balaban J connectivity index is 0.000000481. The fourth-order valence-corrected chi connectivity index (χ4v) is 3.03. The first-order valence-electron chi connectivity index (χ1n) is 8.38. The molecule has 2 aromatic carbocycles. The van der Waals surface area contributed by atoms with E-state index >= 15 is 0 Å². The second kappa shape index (κ2) is 7.82. The standard InChI is InChI=1S/C18H14FN3O.C2H5NO/c1-10-8-20-17(22-10)13-7-6-11(12-4-2-3-5-15(12)19)14-9-21-18(23)16(13)14;1-3-2-4/h2-8H,9H2,1H3,(H,20,22)(H,21,23);2H,1H3,(H,3,4). The zero-order chi connectivity index (χ0) is 19.4. The van der Waals surface area contributed by atoms with Gasteiger partial charge in [-0.1, -0.05) is 24.3 Å². The summed E-state index contributed by atoms with van der Waals surface area (Å²) < 4.78 is 14.1. The lowest BCUT2D eigenvalue weighted by atomic mass is 9.93. The quantitative estimate of drug-likeness (QED) is 0.623. The molecule has 4 rings (SSSR count). The molecule has 7 heteroatoms. The predicted molar refractivity (Wildman–Crippen MR) is 100 cm³/mol. The van der Waals surface area contributed by atoms with Crippen LogP contribution in [0.3, 0.4) is 0 Å². The molecular formula is C20H19FN4O2. The monoisotopic (exact) mass is 366 g/mol. The molecule has 0 saturated carbocycles. The van der Waals surface area contributed by atoms with E-state index in [-0.39, 0.29) is 11.7 Å². The number of nitrogens with zero attached hydrogens (tertiary/aromatic N) is 1. The van der Waals surface area contributed by atoms with E-state index in [4.69, 9.17) is 4.79 Å². The molecule has 27 heavy (non-hydrogen) atoms. The van der Waals surface area contributed by atoms with Crippen LogP contribution in [-0.4, -0.2) is 29.3 Å². The van der Waals surface area contributed by atoms with Crippen LogP contribution in [0, 0.1) is 12.7 Å². The Labute approximate surface area is 155 Å². The Kier molecular flexibility index (Phi) is 5.30. The van der Waals surface area contributed by atoms with Gasteiger partial charge in [0.15, 0.2) is 0 Å². The fourth-order valence-electron chi connectivity index (χ4n) is 3.03. The Morgan fingerprint density at radius 1 is 1.15 bits per heavy atom. The number of H-pyrrole nitrogens is 1. The first kappa shape index (κ1) is 18.3. The molecule has 0 aliphatic carbocycles. The van der Waals surface area contributed by atoms with Gasteiger partial charge >= 0.3 is 0 Å². The van der Waals surface area contributed by atoms with Crippen molar-refractivity contribution in [2.24, 2.45) is 0 Å². The van der Waals surface area contributed by atoms with Crippen molar-refractivity contribution < 1.29 is 14.0 Å². The predicted octanol–water partition coefficient (Wildman–Crippen LogP) is 2.80. The largest absolute Gasteiger partial charge is 0.362 e. The van der Waals surface area contributed by atoms with Gasteiger partial charge in [0.1, 0.15) is 11.6 Å². The van der Waals surface area contributed by atoms with Crippen LogP contribution in [0.5, 0.6) is 0 Å². The van der Waals surface area contributed by atoms with Gasteiger partial charge in [-0.25, -0.2) is 9.37 Å². The van der Waals surface area contributed by atoms with Crippen LogP contribution in [0.15, 0.2) is 42.6 Å². The number of aryl methyl sites for hydroxylation is 1. The minimum Gasteiger partial charge on any atom is -0.362 e. The summed E-state index contributed by atoms with van der Waals surface area (Å²) in [5.74, 6) is 0.203. The summed E-state index contributed by atoms with van der Waals surface area (Å²) in [5, 5.41) is 5.08. The number of benzene rings is 2. The van der Waals surface area contributed by atoms with Gasteiger partial charge in [0.25, 0.3) is 5.91 Å². The summed E-state index contributed by atoms with van der Waals surface area (Å²) >= 11 is 0. The van der Waals surface area contributed by atoms with Crippen LogP contribution >= 0.6 is 0 Å². The van der Waals surface area contributed by atoms with Crippen LogP contribution in [0.4, 0.5) is 4.39 Å². The summed E-state index contributed by atoms with van der Waals surface area (Å²) in [6, 6.07) is 10.3. The number of hydrogen-bond acceptors (Lipinski definition) is 3. The van der Waals surface area contributed by atoms with E-state index in [0.29, 0.717) is 29.9 Å². The molecule has 2 heterocycles. The summed E-state index contributed by atoms with van der Waals surface area (Å²) in [7, 11) is 1.56. The highest BCUT2D eigenvalue weighted by Gasteiger charge is 2.27. The van der Waals surface area contributed by atoms with Gasteiger partial charge in [0.2, 0.25) is 6.41 Å². The topological polar surface area (TPSA) is 86.9 Å². The van der Waals surface area contributed by atoms with Gasteiger partial charge < -0.3 is 15.6 Å². The molecule has 2 amide bonds. The average molecular weight is 366 g/mol. The van der Waals surface area contributed by atoms with Crippen molar-refractivity contribution in [3.05, 3.63) is 65.2 Å². The lowest BCUT2D eigenvalue weighted by Gasteiger charge is -2.11. The Morgan fingerprint density at radius 3 is 2.48 bits per heavy atom. The molecule has 0 fully saturated rings. The Hall–Kier alpha value is -3.48. The molecule has 0 radical (unpaired) electrons. The number of halogens is 1. The van der Waals surface area contributed by atoms with E-state index < -0.39 is 0 Å². The molecule has 3 N–H and O–H groups in total. The van der Waals surface area contributed by atoms with E-state index in [2.05, 4.69) is 20.6 Å². The third-order valence-electron chi connectivity index (χ3n) is 4.21. The molecule has 0 bridgehead atoms. The van der Waals surface area contributed by atoms with Gasteiger partial charge in [0.05, 0.1) is 5.56 Å². The van der Waals surface area contributed by atoms with Gasteiger partial charge in [0, 0.05) is 36.6 Å². The highest BCUT2D eigenvalue weighted by Crippen LogP contribution is 2.36. The minimum atomic E-state index is -0.296. The fraction of sp³-hybridized carbons (Fsp3) is 0.150. The number of carbonyl (C=O) groups is 2. The van der Waals surface area contributed by atoms with Crippen LogP contribution < -0.4 is 10.6 Å². The Bertz CT molecular complexity index is 997. The summed E-state index contributed by atoms with van der Waals surface area (Å²) in [6.45, 7) is 2.30. The average Bonchev–Trinajstić information content (AvgIpc) is 3.28. The second-order valence-corrected chi connectivity index (χ2v) is 6.00. The zero-order valence-corrected chi connectivity index (χ0v) is 15.0. The molecule has 0 atom stereocenters. The van der Waals surface area contributed by atoms with Crippen molar-refractivity contribution in [1.29, 1.82) is 0 Å². The molecule has 0 unspecified atom stereocenters.